The number of aliphatic hydroxyl groups excluding tert-OH is 1. The summed E-state index contributed by atoms with van der Waals surface area (Å²) in [5.41, 5.74) is 6.91. The van der Waals surface area contributed by atoms with Gasteiger partial charge in [-0.3, -0.25) is 9.98 Å². The quantitative estimate of drug-likeness (QED) is 0.121. The van der Waals surface area contributed by atoms with Crippen molar-refractivity contribution in [1.82, 2.24) is 0 Å². The Bertz CT molecular complexity index is 645. The maximum Gasteiger partial charge on any atom is 0.151 e. The minimum Gasteiger partial charge on any atom is -0.387 e. The van der Waals surface area contributed by atoms with Crippen molar-refractivity contribution < 1.29 is 9.84 Å². The van der Waals surface area contributed by atoms with Crippen LogP contribution in [-0.4, -0.2) is 53.4 Å². The predicted molar refractivity (Wildman–Crippen MR) is 140 cm³/mol. The van der Waals surface area contributed by atoms with Crippen molar-refractivity contribution in [2.45, 2.75) is 120 Å². The first kappa shape index (κ1) is 27.2. The highest BCUT2D eigenvalue weighted by Gasteiger charge is 2.51. The summed E-state index contributed by atoms with van der Waals surface area (Å²) >= 11 is 13.2. The fourth-order valence-corrected chi connectivity index (χ4v) is 7.43. The third kappa shape index (κ3) is 6.86. The molecule has 0 amide bonds. The van der Waals surface area contributed by atoms with Gasteiger partial charge < -0.3 is 15.6 Å². The van der Waals surface area contributed by atoms with Crippen LogP contribution in [0.4, 0.5) is 0 Å². The molecule has 4 unspecified atom stereocenters. The van der Waals surface area contributed by atoms with Crippen LogP contribution in [0, 0.1) is 23.2 Å². The molecule has 5 atom stereocenters. The Morgan fingerprint density at radius 2 is 1.82 bits per heavy atom. The molecule has 3 N–H and O–H groups in total. The first-order valence-corrected chi connectivity index (χ1v) is 14.0. The lowest BCUT2D eigenvalue weighted by atomic mass is 9.53. The van der Waals surface area contributed by atoms with Crippen LogP contribution < -0.4 is 5.73 Å². The fourth-order valence-electron chi connectivity index (χ4n) is 6.75. The maximum absolute atomic E-state index is 9.47. The number of halogens is 2. The topological polar surface area (TPSA) is 80.2 Å². The van der Waals surface area contributed by atoms with Gasteiger partial charge in [-0.05, 0) is 95.6 Å². The van der Waals surface area contributed by atoms with Crippen molar-refractivity contribution in [3.8, 4) is 0 Å². The number of ether oxygens (including phenoxy) is 1. The molecule has 5 nitrogen and oxygen atoms in total. The zero-order valence-electron chi connectivity index (χ0n) is 20.6. The van der Waals surface area contributed by atoms with Gasteiger partial charge in [0.1, 0.15) is 5.84 Å². The van der Waals surface area contributed by atoms with E-state index in [-0.39, 0.29) is 28.8 Å². The Morgan fingerprint density at radius 3 is 2.39 bits per heavy atom. The lowest BCUT2D eigenvalue weighted by Crippen LogP contribution is -2.53. The largest absolute Gasteiger partial charge is 0.387 e. The van der Waals surface area contributed by atoms with Gasteiger partial charge in [-0.25, -0.2) is 0 Å². The van der Waals surface area contributed by atoms with Gasteiger partial charge in [0, 0.05) is 22.8 Å². The molecule has 0 aromatic rings. The molecule has 190 valence electrons. The molecule has 3 rings (SSSR count). The molecule has 3 saturated carbocycles. The lowest BCUT2D eigenvalue weighted by molar-refractivity contribution is -0.0862. The molecule has 3 aliphatic rings. The molecule has 0 spiro atoms. The highest BCUT2D eigenvalue weighted by Crippen LogP contribution is 2.55. The van der Waals surface area contributed by atoms with Crippen LogP contribution in [0.3, 0.4) is 0 Å². The van der Waals surface area contributed by atoms with Crippen LogP contribution in [0.1, 0.15) is 90.9 Å². The average molecular weight is 503 g/mol. The number of alkyl halides is 2. The molecule has 0 aromatic heterocycles. The summed E-state index contributed by atoms with van der Waals surface area (Å²) in [6.45, 7) is 8.40. The van der Waals surface area contributed by atoms with E-state index in [0.29, 0.717) is 23.8 Å². The first-order valence-electron chi connectivity index (χ1n) is 13.1. The molecule has 3 aliphatic carbocycles. The summed E-state index contributed by atoms with van der Waals surface area (Å²) in [6, 6.07) is -0.0902. The van der Waals surface area contributed by atoms with E-state index < -0.39 is 6.29 Å². The summed E-state index contributed by atoms with van der Waals surface area (Å²) in [5, 5.41) is 9.88. The molecule has 0 aromatic carbocycles. The highest BCUT2D eigenvalue weighted by atomic mass is 35.5. The van der Waals surface area contributed by atoms with Crippen molar-refractivity contribution in [3.63, 3.8) is 0 Å². The van der Waals surface area contributed by atoms with Gasteiger partial charge in [0.25, 0.3) is 0 Å². The van der Waals surface area contributed by atoms with Crippen molar-refractivity contribution in [1.29, 1.82) is 0 Å². The predicted octanol–water partition coefficient (Wildman–Crippen LogP) is 5.93. The van der Waals surface area contributed by atoms with Gasteiger partial charge in [0.15, 0.2) is 6.29 Å². The zero-order chi connectivity index (χ0) is 24.0. The van der Waals surface area contributed by atoms with E-state index in [2.05, 4.69) is 18.6 Å². The number of hydrogen-bond donors (Lipinski definition) is 2. The Hall–Kier alpha value is -0.360. The summed E-state index contributed by atoms with van der Waals surface area (Å²) in [4.78, 5) is 9.84. The molecule has 33 heavy (non-hydrogen) atoms. The summed E-state index contributed by atoms with van der Waals surface area (Å²) < 4.78 is 5.39. The van der Waals surface area contributed by atoms with Gasteiger partial charge in [0.2, 0.25) is 0 Å². The number of aliphatic hydroxyl groups is 1. The first-order chi connectivity index (χ1) is 15.8. The van der Waals surface area contributed by atoms with E-state index in [4.69, 9.17) is 38.7 Å². The van der Waals surface area contributed by atoms with E-state index in [1.165, 1.54) is 12.8 Å². The number of nitrogens with two attached hydrogens (primary N) is 1. The van der Waals surface area contributed by atoms with Gasteiger partial charge in [-0.2, -0.15) is 0 Å². The molecule has 0 heterocycles. The smallest absolute Gasteiger partial charge is 0.151 e. The molecular formula is C26H45Cl2N3O2. The number of rotatable bonds is 11. The number of aliphatic imine (C=N–C) groups is 2. The van der Waals surface area contributed by atoms with E-state index in [1.54, 1.807) is 6.92 Å². The van der Waals surface area contributed by atoms with Crippen molar-refractivity contribution >= 4 is 35.8 Å². The summed E-state index contributed by atoms with van der Waals surface area (Å²) in [7, 11) is 0. The molecule has 0 radical (unpaired) electrons. The molecule has 0 aliphatic heterocycles. The Kier molecular flexibility index (Phi) is 10.4. The highest BCUT2D eigenvalue weighted by molar-refractivity contribution is 6.21. The third-order valence-corrected chi connectivity index (χ3v) is 9.44. The van der Waals surface area contributed by atoms with Crippen molar-refractivity contribution in [2.24, 2.45) is 38.9 Å². The second-order valence-electron chi connectivity index (χ2n) is 10.9. The lowest BCUT2D eigenvalue weighted by Gasteiger charge is -2.53. The molecule has 3 fully saturated rings. The van der Waals surface area contributed by atoms with E-state index in [0.717, 1.165) is 70.0 Å². The second kappa shape index (κ2) is 12.6. The van der Waals surface area contributed by atoms with Gasteiger partial charge in [-0.15, -0.1) is 23.2 Å². The third-order valence-electron chi connectivity index (χ3n) is 8.46. The molecule has 0 bridgehead atoms. The Balaban J connectivity index is 1.81. The average Bonchev–Trinajstić information content (AvgIpc) is 2.76. The maximum atomic E-state index is 9.47. The standard InChI is InChI=1S/C26H45Cl2N3O2/c1-17-15-26(16-17,19-10-12-20(27)13-11-19)25(29)31-23(9-6-14-33-18(2)32)24(30-3)21-7-4-5-8-22(21)28/h17-24,32H,3-16H2,1-2H3,(H2,29,31)/t17-,18?,19?,20?,21-,22?,23?,24?,26-/m1/s1. The summed E-state index contributed by atoms with van der Waals surface area (Å²) in [6.07, 6.45) is 11.9. The molecular weight excluding hydrogens is 457 g/mol. The fraction of sp³-hybridized carbons (Fsp3) is 0.923. The Labute approximate surface area is 210 Å². The van der Waals surface area contributed by atoms with Crippen LogP contribution in [-0.2, 0) is 4.74 Å². The molecule has 7 heteroatoms. The van der Waals surface area contributed by atoms with Crippen LogP contribution >= 0.6 is 23.2 Å². The zero-order valence-corrected chi connectivity index (χ0v) is 22.1. The second-order valence-corrected chi connectivity index (χ2v) is 12.1. The van der Waals surface area contributed by atoms with Crippen LogP contribution in [0.15, 0.2) is 9.98 Å². The van der Waals surface area contributed by atoms with Crippen molar-refractivity contribution in [3.05, 3.63) is 0 Å². The van der Waals surface area contributed by atoms with E-state index in [9.17, 15) is 5.11 Å². The van der Waals surface area contributed by atoms with Gasteiger partial charge in [-0.1, -0.05) is 19.8 Å². The van der Waals surface area contributed by atoms with Gasteiger partial charge >= 0.3 is 0 Å². The Morgan fingerprint density at radius 1 is 1.15 bits per heavy atom. The molecule has 0 saturated heterocycles. The van der Waals surface area contributed by atoms with Crippen LogP contribution in [0.2, 0.25) is 0 Å². The number of nitrogens with zero attached hydrogens (tertiary/aromatic N) is 2. The summed E-state index contributed by atoms with van der Waals surface area (Å²) in [5.74, 6) is 2.34. The number of hydrogen-bond acceptors (Lipinski definition) is 4. The number of amidine groups is 1. The SMILES string of the molecule is C=NC(C(CCCOC(C)O)/N=C(\N)[C@]1(C2CCC(Cl)CC2)C[C@@H](C)C1)[C@@H]1CCCCC1Cl. The van der Waals surface area contributed by atoms with E-state index >= 15 is 0 Å². The van der Waals surface area contributed by atoms with Crippen LogP contribution in [0.25, 0.3) is 0 Å². The minimum absolute atomic E-state index is 0.00343. The van der Waals surface area contributed by atoms with Crippen molar-refractivity contribution in [2.75, 3.05) is 6.61 Å². The van der Waals surface area contributed by atoms with Crippen LogP contribution in [0.5, 0.6) is 0 Å². The monoisotopic (exact) mass is 501 g/mol. The van der Waals surface area contributed by atoms with Gasteiger partial charge in [0.05, 0.1) is 12.1 Å². The minimum atomic E-state index is -0.757. The normalized spacial score (nSPS) is 38.2. The van der Waals surface area contributed by atoms with E-state index in [1.807, 2.05) is 0 Å².